The van der Waals surface area contributed by atoms with E-state index < -0.39 is 8.07 Å². The molecule has 0 N–H and O–H groups in total. The minimum Gasteiger partial charge on any atom is -0.289 e. The van der Waals surface area contributed by atoms with Crippen molar-refractivity contribution in [1.29, 1.82) is 0 Å². The van der Waals surface area contributed by atoms with Gasteiger partial charge in [0.2, 0.25) is 0 Å². The summed E-state index contributed by atoms with van der Waals surface area (Å²) in [6, 6.07) is 1.02. The highest BCUT2D eigenvalue weighted by Crippen LogP contribution is 2.32. The minimum atomic E-state index is -1.22. The van der Waals surface area contributed by atoms with E-state index in [1.807, 2.05) is 6.92 Å². The highest BCUT2D eigenvalue weighted by atomic mass is 28.3. The summed E-state index contributed by atoms with van der Waals surface area (Å²) in [6.07, 6.45) is 4.79. The Morgan fingerprint density at radius 1 is 1.25 bits per heavy atom. The van der Waals surface area contributed by atoms with Crippen LogP contribution < -0.4 is 0 Å². The first-order valence-corrected chi connectivity index (χ1v) is 9.93. The Kier molecular flexibility index (Phi) is 4.31. The van der Waals surface area contributed by atoms with E-state index in [0.29, 0.717) is 5.57 Å². The van der Waals surface area contributed by atoms with Gasteiger partial charge in [0.05, 0.1) is 0 Å². The molecule has 0 unspecified atom stereocenters. The van der Waals surface area contributed by atoms with Crippen LogP contribution in [0.5, 0.6) is 0 Å². The Hall–Kier alpha value is -0.633. The van der Waals surface area contributed by atoms with Crippen LogP contribution in [-0.2, 0) is 4.79 Å². The van der Waals surface area contributed by atoms with Crippen molar-refractivity contribution in [2.75, 3.05) is 0 Å². The molecule has 0 heterocycles. The van der Waals surface area contributed by atoms with Crippen molar-refractivity contribution in [1.82, 2.24) is 0 Å². The fourth-order valence-electron chi connectivity index (χ4n) is 2.26. The van der Waals surface area contributed by atoms with Crippen LogP contribution in [0, 0.1) is 0 Å². The van der Waals surface area contributed by atoms with E-state index in [4.69, 9.17) is 0 Å². The molecule has 1 nitrogen and oxygen atoms in total. The van der Waals surface area contributed by atoms with E-state index in [1.165, 1.54) is 18.4 Å². The van der Waals surface area contributed by atoms with Gasteiger partial charge < -0.3 is 0 Å². The first kappa shape index (κ1) is 13.4. The minimum absolute atomic E-state index is 0.222. The number of ketones is 1. The van der Waals surface area contributed by atoms with Crippen LogP contribution in [-0.4, -0.2) is 13.9 Å². The van der Waals surface area contributed by atoms with Crippen molar-refractivity contribution in [3.8, 4) is 0 Å². The van der Waals surface area contributed by atoms with E-state index in [-0.39, 0.29) is 5.78 Å². The second kappa shape index (κ2) is 5.13. The van der Waals surface area contributed by atoms with Crippen molar-refractivity contribution < 1.29 is 4.79 Å². The Labute approximate surface area is 101 Å². The highest BCUT2D eigenvalue weighted by molar-refractivity contribution is 6.77. The Bertz CT molecular complexity index is 323. The molecule has 0 amide bonds. The van der Waals surface area contributed by atoms with E-state index in [1.54, 1.807) is 0 Å². The molecule has 0 aromatic rings. The molecule has 90 valence electrons. The summed E-state index contributed by atoms with van der Waals surface area (Å²) < 4.78 is 0. The zero-order valence-electron chi connectivity index (χ0n) is 11.2. The molecule has 0 aromatic carbocycles. The van der Waals surface area contributed by atoms with Gasteiger partial charge in [0.1, 0.15) is 0 Å². The van der Waals surface area contributed by atoms with Gasteiger partial charge in [-0.1, -0.05) is 31.8 Å². The third-order valence-electron chi connectivity index (χ3n) is 3.00. The number of Topliss-reactive ketones (excluding diaryl/α,β-unsaturated/α-hetero) is 1. The predicted molar refractivity (Wildman–Crippen MR) is 73.5 cm³/mol. The summed E-state index contributed by atoms with van der Waals surface area (Å²) in [4.78, 5) is 12.2. The monoisotopic (exact) mass is 236 g/mol. The summed E-state index contributed by atoms with van der Waals surface area (Å²) in [6.45, 7) is 12.6. The number of carbonyl (C=O) groups excluding carboxylic acids is 1. The molecule has 0 spiro atoms. The van der Waals surface area contributed by atoms with Gasteiger partial charge in [-0.05, 0) is 49.8 Å². The van der Waals surface area contributed by atoms with Gasteiger partial charge in [0.15, 0.2) is 5.78 Å². The lowest BCUT2D eigenvalue weighted by Crippen LogP contribution is -2.23. The quantitative estimate of drug-likeness (QED) is 0.524. The first-order valence-electron chi connectivity index (χ1n) is 6.22. The van der Waals surface area contributed by atoms with Gasteiger partial charge >= 0.3 is 0 Å². The summed E-state index contributed by atoms with van der Waals surface area (Å²) in [7, 11) is -1.22. The fourth-order valence-corrected chi connectivity index (χ4v) is 3.73. The molecular weight excluding hydrogens is 212 g/mol. The molecule has 1 saturated carbocycles. The zero-order valence-corrected chi connectivity index (χ0v) is 12.2. The molecule has 0 saturated heterocycles. The standard InChI is InChI=1S/C14H24OSi/c1-11(2)14(15)13(10-16(3,4)5)12-8-6-7-9-12/h1,6-10H2,2-5H3. The summed E-state index contributed by atoms with van der Waals surface area (Å²) >= 11 is 0. The summed E-state index contributed by atoms with van der Waals surface area (Å²) in [5, 5.41) is 0. The van der Waals surface area contributed by atoms with Crippen LogP contribution in [0.3, 0.4) is 0 Å². The smallest absolute Gasteiger partial charge is 0.183 e. The molecule has 0 radical (unpaired) electrons. The van der Waals surface area contributed by atoms with Crippen LogP contribution in [0.15, 0.2) is 23.3 Å². The molecule has 1 rings (SSSR count). The van der Waals surface area contributed by atoms with Crippen molar-refractivity contribution in [2.24, 2.45) is 0 Å². The van der Waals surface area contributed by atoms with E-state index in [0.717, 1.165) is 24.5 Å². The molecule has 2 heteroatoms. The lowest BCUT2D eigenvalue weighted by Gasteiger charge is -2.20. The van der Waals surface area contributed by atoms with Crippen LogP contribution in [0.1, 0.15) is 32.6 Å². The summed E-state index contributed by atoms with van der Waals surface area (Å²) in [5.74, 6) is 0.222. The van der Waals surface area contributed by atoms with Crippen LogP contribution >= 0.6 is 0 Å². The van der Waals surface area contributed by atoms with Crippen molar-refractivity contribution in [3.63, 3.8) is 0 Å². The first-order chi connectivity index (χ1) is 7.31. The maximum Gasteiger partial charge on any atom is 0.183 e. The van der Waals surface area contributed by atoms with Gasteiger partial charge in [-0.15, -0.1) is 0 Å². The largest absolute Gasteiger partial charge is 0.289 e. The van der Waals surface area contributed by atoms with E-state index >= 15 is 0 Å². The highest BCUT2D eigenvalue weighted by Gasteiger charge is 2.24. The molecule has 0 aliphatic heterocycles. The van der Waals surface area contributed by atoms with Gasteiger partial charge in [-0.2, -0.15) is 0 Å². The second-order valence-corrected chi connectivity index (χ2v) is 11.6. The maximum absolute atomic E-state index is 12.2. The normalized spacial score (nSPS) is 16.4. The lowest BCUT2D eigenvalue weighted by molar-refractivity contribution is -0.112. The number of hydrogen-bond donors (Lipinski definition) is 0. The average molecular weight is 236 g/mol. The Balaban J connectivity index is 2.99. The zero-order chi connectivity index (χ0) is 12.3. The number of rotatable bonds is 4. The Morgan fingerprint density at radius 3 is 2.12 bits per heavy atom. The molecule has 16 heavy (non-hydrogen) atoms. The molecule has 0 atom stereocenters. The molecule has 1 aliphatic rings. The average Bonchev–Trinajstić information content (AvgIpc) is 2.64. The van der Waals surface area contributed by atoms with Crippen LogP contribution in [0.2, 0.25) is 25.7 Å². The van der Waals surface area contributed by atoms with Crippen molar-refractivity contribution >= 4 is 13.9 Å². The third kappa shape index (κ3) is 3.74. The van der Waals surface area contributed by atoms with Gasteiger partial charge in [0.25, 0.3) is 0 Å². The second-order valence-electron chi connectivity index (χ2n) is 6.14. The predicted octanol–water partition coefficient (Wildman–Crippen LogP) is 4.34. The van der Waals surface area contributed by atoms with Gasteiger partial charge in [-0.25, -0.2) is 0 Å². The van der Waals surface area contributed by atoms with Crippen molar-refractivity contribution in [3.05, 3.63) is 23.3 Å². The lowest BCUT2D eigenvalue weighted by atomic mass is 10.0. The number of hydrogen-bond acceptors (Lipinski definition) is 1. The van der Waals surface area contributed by atoms with Crippen LogP contribution in [0.25, 0.3) is 0 Å². The molecule has 1 aliphatic carbocycles. The van der Waals surface area contributed by atoms with E-state index in [2.05, 4.69) is 26.2 Å². The maximum atomic E-state index is 12.2. The molecular formula is C14H24OSi. The molecule has 0 aromatic heterocycles. The molecule has 0 bridgehead atoms. The third-order valence-corrected chi connectivity index (χ3v) is 4.42. The van der Waals surface area contributed by atoms with Gasteiger partial charge in [-0.3, -0.25) is 4.79 Å². The van der Waals surface area contributed by atoms with E-state index in [9.17, 15) is 4.79 Å². The number of carbonyl (C=O) groups is 1. The molecule has 1 fully saturated rings. The van der Waals surface area contributed by atoms with Crippen molar-refractivity contribution in [2.45, 2.75) is 58.3 Å². The summed E-state index contributed by atoms with van der Waals surface area (Å²) in [5.41, 5.74) is 3.24. The topological polar surface area (TPSA) is 17.1 Å². The Morgan fingerprint density at radius 2 is 1.75 bits per heavy atom. The van der Waals surface area contributed by atoms with Gasteiger partial charge in [0, 0.05) is 8.07 Å². The number of allylic oxidation sites excluding steroid dienone is 3. The SMILES string of the molecule is C=C(C)C(=O)C(C[Si](C)(C)C)=C1CCCC1. The fraction of sp³-hybridized carbons (Fsp3) is 0.643. The van der Waals surface area contributed by atoms with Crippen LogP contribution in [0.4, 0.5) is 0 Å².